The number of carbonyl (C=O) groups excluding carboxylic acids is 1. The number of ether oxygens (including phenoxy) is 1. The fourth-order valence-electron chi connectivity index (χ4n) is 3.09. The summed E-state index contributed by atoms with van der Waals surface area (Å²) in [6, 6.07) is 0.300. The van der Waals surface area contributed by atoms with Gasteiger partial charge in [-0.1, -0.05) is 6.92 Å². The van der Waals surface area contributed by atoms with Crippen molar-refractivity contribution in [3.63, 3.8) is 0 Å². The monoisotopic (exact) mass is 300 g/mol. The maximum absolute atomic E-state index is 11.9. The van der Waals surface area contributed by atoms with Gasteiger partial charge in [0.05, 0.1) is 11.6 Å². The Kier molecular flexibility index (Phi) is 6.18. The molecule has 116 valence electrons. The predicted octanol–water partition coefficient (Wildman–Crippen LogP) is 1.94. The van der Waals surface area contributed by atoms with Gasteiger partial charge in [-0.3, -0.25) is 4.79 Å². The van der Waals surface area contributed by atoms with Crippen molar-refractivity contribution in [3.05, 3.63) is 0 Å². The molecule has 20 heavy (non-hydrogen) atoms. The van der Waals surface area contributed by atoms with Crippen LogP contribution < -0.4 is 10.6 Å². The second kappa shape index (κ2) is 7.66. The van der Waals surface area contributed by atoms with E-state index in [0.717, 1.165) is 45.3 Å². The first-order chi connectivity index (χ1) is 9.65. The van der Waals surface area contributed by atoms with Gasteiger partial charge in [0.25, 0.3) is 0 Å². The standard InChI is InChI=1S/C15H28N2O2S/c1-3-7-16-14(18)12(2)17-13-4-8-19-15(11-13)5-9-20-10-6-15/h12-13,17H,3-11H2,1-2H3,(H,16,18). The van der Waals surface area contributed by atoms with E-state index in [1.165, 1.54) is 11.5 Å². The van der Waals surface area contributed by atoms with Crippen LogP contribution in [0.15, 0.2) is 0 Å². The lowest BCUT2D eigenvalue weighted by Crippen LogP contribution is -2.53. The molecule has 0 aromatic carbocycles. The van der Waals surface area contributed by atoms with E-state index in [9.17, 15) is 4.79 Å². The molecule has 0 radical (unpaired) electrons. The van der Waals surface area contributed by atoms with Crippen LogP contribution in [0.1, 0.15) is 46.0 Å². The molecule has 2 N–H and O–H groups in total. The van der Waals surface area contributed by atoms with Gasteiger partial charge in [0.2, 0.25) is 5.91 Å². The van der Waals surface area contributed by atoms with E-state index < -0.39 is 0 Å². The van der Waals surface area contributed by atoms with E-state index in [1.807, 2.05) is 18.7 Å². The predicted molar refractivity (Wildman–Crippen MR) is 84.2 cm³/mol. The molecule has 2 aliphatic rings. The van der Waals surface area contributed by atoms with Crippen LogP contribution >= 0.6 is 11.8 Å². The minimum Gasteiger partial charge on any atom is -0.375 e. The van der Waals surface area contributed by atoms with Gasteiger partial charge in [-0.05, 0) is 50.5 Å². The first-order valence-corrected chi connectivity index (χ1v) is 9.06. The van der Waals surface area contributed by atoms with Crippen molar-refractivity contribution in [2.24, 2.45) is 0 Å². The summed E-state index contributed by atoms with van der Waals surface area (Å²) in [5.74, 6) is 2.53. The molecule has 2 aliphatic heterocycles. The first kappa shape index (κ1) is 16.1. The van der Waals surface area contributed by atoms with Gasteiger partial charge in [-0.25, -0.2) is 0 Å². The molecule has 0 aliphatic carbocycles. The molecule has 2 fully saturated rings. The van der Waals surface area contributed by atoms with E-state index >= 15 is 0 Å². The second-order valence-electron chi connectivity index (χ2n) is 6.01. The van der Waals surface area contributed by atoms with Crippen LogP contribution in [0.3, 0.4) is 0 Å². The fourth-order valence-corrected chi connectivity index (χ4v) is 4.33. The molecule has 0 aromatic heterocycles. The van der Waals surface area contributed by atoms with Crippen molar-refractivity contribution in [2.75, 3.05) is 24.7 Å². The Bertz CT molecular complexity index is 313. The highest BCUT2D eigenvalue weighted by atomic mass is 32.2. The third-order valence-electron chi connectivity index (χ3n) is 4.33. The van der Waals surface area contributed by atoms with Gasteiger partial charge in [-0.2, -0.15) is 11.8 Å². The number of amides is 1. The zero-order valence-electron chi connectivity index (χ0n) is 12.7. The third-order valence-corrected chi connectivity index (χ3v) is 5.31. The number of thioether (sulfide) groups is 1. The molecule has 4 nitrogen and oxygen atoms in total. The van der Waals surface area contributed by atoms with Crippen LogP contribution in [-0.4, -0.2) is 48.2 Å². The molecule has 2 atom stereocenters. The SMILES string of the molecule is CCCNC(=O)C(C)NC1CCOC2(CCSCC2)C1. The summed E-state index contributed by atoms with van der Waals surface area (Å²) in [6.07, 6.45) is 5.37. The number of hydrogen-bond donors (Lipinski definition) is 2. The first-order valence-electron chi connectivity index (χ1n) is 7.91. The molecule has 1 amide bonds. The van der Waals surface area contributed by atoms with Crippen molar-refractivity contribution in [3.8, 4) is 0 Å². The number of carbonyl (C=O) groups is 1. The van der Waals surface area contributed by atoms with Crippen molar-refractivity contribution < 1.29 is 9.53 Å². The zero-order valence-corrected chi connectivity index (χ0v) is 13.6. The van der Waals surface area contributed by atoms with Crippen LogP contribution in [0.4, 0.5) is 0 Å². The summed E-state index contributed by atoms with van der Waals surface area (Å²) in [6.45, 7) is 5.62. The lowest BCUT2D eigenvalue weighted by atomic mass is 9.85. The Morgan fingerprint density at radius 3 is 2.90 bits per heavy atom. The van der Waals surface area contributed by atoms with Crippen LogP contribution in [0.25, 0.3) is 0 Å². The summed E-state index contributed by atoms with van der Waals surface area (Å²) in [5.41, 5.74) is 0.0841. The lowest BCUT2D eigenvalue weighted by Gasteiger charge is -2.44. The van der Waals surface area contributed by atoms with Crippen LogP contribution in [0.5, 0.6) is 0 Å². The summed E-state index contributed by atoms with van der Waals surface area (Å²) >= 11 is 2.03. The zero-order chi connectivity index (χ0) is 14.4. The summed E-state index contributed by atoms with van der Waals surface area (Å²) < 4.78 is 6.09. The summed E-state index contributed by atoms with van der Waals surface area (Å²) in [7, 11) is 0. The molecule has 5 heteroatoms. The Morgan fingerprint density at radius 2 is 2.20 bits per heavy atom. The van der Waals surface area contributed by atoms with E-state index in [-0.39, 0.29) is 17.6 Å². The molecular formula is C15H28N2O2S. The summed E-state index contributed by atoms with van der Waals surface area (Å²) in [5, 5.41) is 6.46. The molecule has 2 saturated heterocycles. The second-order valence-corrected chi connectivity index (χ2v) is 7.24. The highest BCUT2D eigenvalue weighted by Crippen LogP contribution is 2.37. The van der Waals surface area contributed by atoms with E-state index in [2.05, 4.69) is 17.6 Å². The molecule has 2 unspecified atom stereocenters. The van der Waals surface area contributed by atoms with Gasteiger partial charge < -0.3 is 15.4 Å². The fraction of sp³-hybridized carbons (Fsp3) is 0.933. The maximum Gasteiger partial charge on any atom is 0.236 e. The Balaban J connectivity index is 1.81. The van der Waals surface area contributed by atoms with Crippen molar-refractivity contribution in [2.45, 2.75) is 63.6 Å². The van der Waals surface area contributed by atoms with E-state index in [4.69, 9.17) is 4.74 Å². The number of nitrogens with one attached hydrogen (secondary N) is 2. The highest BCUT2D eigenvalue weighted by Gasteiger charge is 2.39. The number of rotatable bonds is 5. The molecular weight excluding hydrogens is 272 g/mol. The smallest absolute Gasteiger partial charge is 0.236 e. The molecule has 2 heterocycles. The molecule has 2 rings (SSSR count). The van der Waals surface area contributed by atoms with E-state index in [0.29, 0.717) is 6.04 Å². The average molecular weight is 300 g/mol. The minimum atomic E-state index is -0.111. The largest absolute Gasteiger partial charge is 0.375 e. The van der Waals surface area contributed by atoms with Crippen molar-refractivity contribution >= 4 is 17.7 Å². The van der Waals surface area contributed by atoms with Crippen molar-refractivity contribution in [1.29, 1.82) is 0 Å². The van der Waals surface area contributed by atoms with Crippen LogP contribution in [-0.2, 0) is 9.53 Å². The molecule has 0 saturated carbocycles. The van der Waals surface area contributed by atoms with Gasteiger partial charge in [-0.15, -0.1) is 0 Å². The average Bonchev–Trinajstić information content (AvgIpc) is 2.45. The van der Waals surface area contributed by atoms with Crippen LogP contribution in [0, 0.1) is 0 Å². The Morgan fingerprint density at radius 1 is 1.45 bits per heavy atom. The molecule has 0 aromatic rings. The lowest BCUT2D eigenvalue weighted by molar-refractivity contribution is -0.124. The topological polar surface area (TPSA) is 50.4 Å². The van der Waals surface area contributed by atoms with Gasteiger partial charge in [0.1, 0.15) is 0 Å². The number of hydrogen-bond acceptors (Lipinski definition) is 4. The minimum absolute atomic E-state index is 0.0841. The maximum atomic E-state index is 11.9. The highest BCUT2D eigenvalue weighted by molar-refractivity contribution is 7.99. The Labute approximate surface area is 126 Å². The normalized spacial score (nSPS) is 27.2. The van der Waals surface area contributed by atoms with Gasteiger partial charge >= 0.3 is 0 Å². The summed E-state index contributed by atoms with van der Waals surface area (Å²) in [4.78, 5) is 11.9. The molecule has 1 spiro atoms. The third kappa shape index (κ3) is 4.37. The molecule has 0 bridgehead atoms. The van der Waals surface area contributed by atoms with Crippen molar-refractivity contribution in [1.82, 2.24) is 10.6 Å². The van der Waals surface area contributed by atoms with Gasteiger partial charge in [0.15, 0.2) is 0 Å². The van der Waals surface area contributed by atoms with E-state index in [1.54, 1.807) is 0 Å². The van der Waals surface area contributed by atoms with Gasteiger partial charge in [0, 0.05) is 19.2 Å². The Hall–Kier alpha value is -0.260. The van der Waals surface area contributed by atoms with Crippen LogP contribution in [0.2, 0.25) is 0 Å². The quantitative estimate of drug-likeness (QED) is 0.815.